The van der Waals surface area contributed by atoms with Crippen LogP contribution in [0.5, 0.6) is 5.75 Å². The first kappa shape index (κ1) is 19.7. The molecule has 2 aromatic rings. The van der Waals surface area contributed by atoms with Crippen LogP contribution < -0.4 is 9.64 Å². The Kier molecular flexibility index (Phi) is 5.24. The van der Waals surface area contributed by atoms with Crippen LogP contribution >= 0.6 is 0 Å². The van der Waals surface area contributed by atoms with E-state index in [1.807, 2.05) is 36.4 Å². The van der Waals surface area contributed by atoms with Crippen molar-refractivity contribution >= 4 is 11.6 Å². The molecule has 0 aliphatic carbocycles. The van der Waals surface area contributed by atoms with E-state index in [0.717, 1.165) is 43.8 Å². The molecular weight excluding hydrogens is 367 g/mol. The topological polar surface area (TPSA) is 32.8 Å². The summed E-state index contributed by atoms with van der Waals surface area (Å²) in [5.74, 6) is 0.711. The van der Waals surface area contributed by atoms with E-state index in [0.29, 0.717) is 13.0 Å². The molecule has 2 aliphatic rings. The maximum absolute atomic E-state index is 13.8. The fourth-order valence-electron chi connectivity index (χ4n) is 5.13. The van der Waals surface area contributed by atoms with E-state index < -0.39 is 0 Å². The van der Waals surface area contributed by atoms with Crippen molar-refractivity contribution < 1.29 is 13.9 Å². The van der Waals surface area contributed by atoms with Crippen molar-refractivity contribution in [3.63, 3.8) is 0 Å². The predicted octanol–water partition coefficient (Wildman–Crippen LogP) is 4.64. The summed E-state index contributed by atoms with van der Waals surface area (Å²) < 4.78 is 19.6. The maximum atomic E-state index is 13.8. The number of benzene rings is 2. The number of carbonyl (C=O) groups excluding carboxylic acids is 1. The van der Waals surface area contributed by atoms with Gasteiger partial charge in [-0.2, -0.15) is 0 Å². The van der Waals surface area contributed by atoms with E-state index in [9.17, 15) is 9.18 Å². The monoisotopic (exact) mass is 396 g/mol. The van der Waals surface area contributed by atoms with Gasteiger partial charge in [0.15, 0.2) is 0 Å². The second-order valence-corrected chi connectivity index (χ2v) is 8.84. The van der Waals surface area contributed by atoms with Crippen molar-refractivity contribution in [1.29, 1.82) is 0 Å². The molecule has 1 spiro atoms. The SMILES string of the molecule is CC1(C)CC2(CCCN2C(=O)CCOc2ccccc2)CN1c1cccc(F)c1. The number of nitrogens with zero attached hydrogens (tertiary/aromatic N) is 2. The second kappa shape index (κ2) is 7.69. The van der Waals surface area contributed by atoms with Gasteiger partial charge in [-0.3, -0.25) is 4.79 Å². The lowest BCUT2D eigenvalue weighted by atomic mass is 9.87. The molecule has 29 heavy (non-hydrogen) atoms. The highest BCUT2D eigenvalue weighted by Crippen LogP contribution is 2.47. The Morgan fingerprint density at radius 1 is 1.14 bits per heavy atom. The number of carbonyl (C=O) groups is 1. The van der Waals surface area contributed by atoms with Crippen LogP contribution in [-0.2, 0) is 4.79 Å². The molecule has 2 aromatic carbocycles. The molecule has 1 amide bonds. The minimum absolute atomic E-state index is 0.142. The fourth-order valence-corrected chi connectivity index (χ4v) is 5.13. The Morgan fingerprint density at radius 3 is 2.69 bits per heavy atom. The average Bonchev–Trinajstić information content (AvgIpc) is 3.22. The summed E-state index contributed by atoms with van der Waals surface area (Å²) in [6, 6.07) is 16.4. The first-order chi connectivity index (χ1) is 13.9. The van der Waals surface area contributed by atoms with Crippen LogP contribution in [0, 0.1) is 5.82 Å². The first-order valence-corrected chi connectivity index (χ1v) is 10.4. The molecule has 0 saturated carbocycles. The van der Waals surface area contributed by atoms with Crippen LogP contribution in [0.25, 0.3) is 0 Å². The van der Waals surface area contributed by atoms with E-state index in [1.165, 1.54) is 6.07 Å². The van der Waals surface area contributed by atoms with Crippen molar-refractivity contribution in [2.24, 2.45) is 0 Å². The lowest BCUT2D eigenvalue weighted by Crippen LogP contribution is -2.49. The summed E-state index contributed by atoms with van der Waals surface area (Å²) in [7, 11) is 0. The number of ether oxygens (including phenoxy) is 1. The minimum atomic E-state index is -0.225. The van der Waals surface area contributed by atoms with E-state index in [-0.39, 0.29) is 22.8 Å². The molecule has 1 unspecified atom stereocenters. The fraction of sp³-hybridized carbons (Fsp3) is 0.458. The minimum Gasteiger partial charge on any atom is -0.493 e. The van der Waals surface area contributed by atoms with Gasteiger partial charge in [-0.05, 0) is 63.4 Å². The van der Waals surface area contributed by atoms with Crippen LogP contribution in [0.4, 0.5) is 10.1 Å². The van der Waals surface area contributed by atoms with Gasteiger partial charge < -0.3 is 14.5 Å². The molecule has 2 saturated heterocycles. The molecule has 0 radical (unpaired) electrons. The highest BCUT2D eigenvalue weighted by atomic mass is 19.1. The van der Waals surface area contributed by atoms with Crippen molar-refractivity contribution in [3.05, 3.63) is 60.4 Å². The summed E-state index contributed by atoms with van der Waals surface area (Å²) in [5.41, 5.74) is 0.565. The molecule has 5 heteroatoms. The zero-order chi connectivity index (χ0) is 20.5. The lowest BCUT2D eigenvalue weighted by molar-refractivity contribution is -0.135. The Balaban J connectivity index is 1.46. The van der Waals surface area contributed by atoms with Crippen LogP contribution in [-0.4, -0.2) is 41.6 Å². The van der Waals surface area contributed by atoms with E-state index in [4.69, 9.17) is 4.74 Å². The smallest absolute Gasteiger partial charge is 0.226 e. The average molecular weight is 397 g/mol. The number of hydrogen-bond donors (Lipinski definition) is 0. The number of amides is 1. The molecule has 1 atom stereocenters. The molecule has 2 fully saturated rings. The zero-order valence-electron chi connectivity index (χ0n) is 17.2. The highest BCUT2D eigenvalue weighted by molar-refractivity contribution is 5.78. The largest absolute Gasteiger partial charge is 0.493 e. The normalized spacial score (nSPS) is 23.0. The standard InChI is InChI=1S/C24H29FN2O2/c1-23(2)17-24(18-27(23)20-9-6-8-19(25)16-20)13-7-14-26(24)22(28)12-15-29-21-10-4-3-5-11-21/h3-6,8-11,16H,7,12-15,17-18H2,1-2H3. The Hall–Kier alpha value is -2.56. The van der Waals surface area contributed by atoms with Crippen molar-refractivity contribution in [2.75, 3.05) is 24.6 Å². The Labute approximate surface area is 172 Å². The van der Waals surface area contributed by atoms with Crippen LogP contribution in [0.3, 0.4) is 0 Å². The van der Waals surface area contributed by atoms with Gasteiger partial charge in [0.1, 0.15) is 11.6 Å². The van der Waals surface area contributed by atoms with Gasteiger partial charge in [0.05, 0.1) is 18.6 Å². The molecule has 2 heterocycles. The molecule has 0 aromatic heterocycles. The molecule has 0 bridgehead atoms. The summed E-state index contributed by atoms with van der Waals surface area (Å²) in [6.45, 7) is 6.29. The highest BCUT2D eigenvalue weighted by Gasteiger charge is 2.54. The first-order valence-electron chi connectivity index (χ1n) is 10.4. The summed E-state index contributed by atoms with van der Waals surface area (Å²) in [4.78, 5) is 17.4. The number of likely N-dealkylation sites (tertiary alicyclic amines) is 1. The third kappa shape index (κ3) is 3.96. The summed E-state index contributed by atoms with van der Waals surface area (Å²) in [6.07, 6.45) is 3.27. The van der Waals surface area contributed by atoms with Gasteiger partial charge in [0.25, 0.3) is 0 Å². The van der Waals surface area contributed by atoms with Gasteiger partial charge in [-0.1, -0.05) is 24.3 Å². The van der Waals surface area contributed by atoms with E-state index >= 15 is 0 Å². The molecule has 2 aliphatic heterocycles. The van der Waals surface area contributed by atoms with Crippen LogP contribution in [0.2, 0.25) is 0 Å². The van der Waals surface area contributed by atoms with Crippen molar-refractivity contribution in [1.82, 2.24) is 4.90 Å². The third-order valence-electron chi connectivity index (χ3n) is 6.29. The van der Waals surface area contributed by atoms with Gasteiger partial charge in [-0.25, -0.2) is 4.39 Å². The van der Waals surface area contributed by atoms with Crippen molar-refractivity contribution in [3.8, 4) is 5.75 Å². The van der Waals surface area contributed by atoms with Crippen molar-refractivity contribution in [2.45, 2.75) is 50.6 Å². The summed E-state index contributed by atoms with van der Waals surface area (Å²) in [5, 5.41) is 0. The number of anilines is 1. The third-order valence-corrected chi connectivity index (χ3v) is 6.29. The number of rotatable bonds is 5. The lowest BCUT2D eigenvalue weighted by Gasteiger charge is -2.35. The number of halogens is 1. The van der Waals surface area contributed by atoms with Gasteiger partial charge in [0.2, 0.25) is 5.91 Å². The molecule has 0 N–H and O–H groups in total. The van der Waals surface area contributed by atoms with Gasteiger partial charge in [-0.15, -0.1) is 0 Å². The van der Waals surface area contributed by atoms with E-state index in [1.54, 1.807) is 12.1 Å². The molecule has 154 valence electrons. The quantitative estimate of drug-likeness (QED) is 0.738. The summed E-state index contributed by atoms with van der Waals surface area (Å²) >= 11 is 0. The molecule has 4 rings (SSSR count). The van der Waals surface area contributed by atoms with Crippen LogP contribution in [0.15, 0.2) is 54.6 Å². The predicted molar refractivity (Wildman–Crippen MR) is 113 cm³/mol. The number of hydrogen-bond acceptors (Lipinski definition) is 3. The second-order valence-electron chi connectivity index (χ2n) is 8.84. The Bertz CT molecular complexity index is 870. The maximum Gasteiger partial charge on any atom is 0.226 e. The van der Waals surface area contributed by atoms with E-state index in [2.05, 4.69) is 23.6 Å². The Morgan fingerprint density at radius 2 is 1.93 bits per heavy atom. The number of para-hydroxylation sites is 1. The molecular formula is C24H29FN2O2. The van der Waals surface area contributed by atoms with Gasteiger partial charge >= 0.3 is 0 Å². The van der Waals surface area contributed by atoms with Crippen LogP contribution in [0.1, 0.15) is 39.5 Å². The zero-order valence-corrected chi connectivity index (χ0v) is 17.2. The molecule has 4 nitrogen and oxygen atoms in total. The van der Waals surface area contributed by atoms with Gasteiger partial charge in [0, 0.05) is 24.3 Å².